The molecule has 0 bridgehead atoms. The Morgan fingerprint density at radius 1 is 1.69 bits per heavy atom. The first-order valence-corrected chi connectivity index (χ1v) is 4.50. The van der Waals surface area contributed by atoms with Crippen molar-refractivity contribution in [1.29, 1.82) is 0 Å². The monoisotopic (exact) mass is 308 g/mol. The fraction of sp³-hybridized carbons (Fsp3) is 0.375. The average molecular weight is 310 g/mol. The Bertz CT molecular complexity index is 307. The molecule has 1 N–H and O–H groups in total. The molecule has 0 aliphatic carbocycles. The van der Waals surface area contributed by atoms with E-state index >= 15 is 0 Å². The summed E-state index contributed by atoms with van der Waals surface area (Å²) in [5.74, 6) is 0.814. The fourth-order valence-corrected chi connectivity index (χ4v) is 1.65. The quantitative estimate of drug-likeness (QED) is 0.740. The third kappa shape index (κ3) is 2.21. The van der Waals surface area contributed by atoms with E-state index in [1.165, 1.54) is 0 Å². The molecule has 13 heavy (non-hydrogen) atoms. The summed E-state index contributed by atoms with van der Waals surface area (Å²) in [7, 11) is 0. The van der Waals surface area contributed by atoms with Crippen molar-refractivity contribution in [3.05, 3.63) is 22.8 Å². The van der Waals surface area contributed by atoms with Gasteiger partial charge in [0.1, 0.15) is 5.84 Å². The molecule has 1 atom stereocenters. The molecule has 2 rings (SSSR count). The molecule has 0 spiro atoms. The Morgan fingerprint density at radius 3 is 3.08 bits per heavy atom. The van der Waals surface area contributed by atoms with Gasteiger partial charge in [-0.05, 0) is 19.1 Å². The second-order valence-corrected chi connectivity index (χ2v) is 4.08. The normalized spacial score (nSPS) is 30.5. The van der Waals surface area contributed by atoms with Crippen LogP contribution in [-0.4, -0.2) is 28.1 Å². The van der Waals surface area contributed by atoms with E-state index < -0.39 is 5.72 Å². The molecule has 2 aliphatic rings. The van der Waals surface area contributed by atoms with E-state index in [2.05, 4.69) is 20.9 Å². The standard InChI is InChI=1S/C8H9BrN2O.BrH/c1-8(12)5-11-3-2-6(9)4-7(11)10-8;/h2-4,12H,5H2,1H3;1H. The third-order valence-corrected chi connectivity index (χ3v) is 2.29. The van der Waals surface area contributed by atoms with E-state index in [0.717, 1.165) is 10.3 Å². The van der Waals surface area contributed by atoms with Crippen LogP contribution >= 0.6 is 32.9 Å². The maximum Gasteiger partial charge on any atom is 0.173 e. The van der Waals surface area contributed by atoms with Gasteiger partial charge in [0.05, 0.1) is 6.54 Å². The van der Waals surface area contributed by atoms with Crippen LogP contribution in [0.5, 0.6) is 0 Å². The van der Waals surface area contributed by atoms with Gasteiger partial charge in [-0.15, -0.1) is 17.0 Å². The fourth-order valence-electron chi connectivity index (χ4n) is 1.33. The highest BCUT2D eigenvalue weighted by Crippen LogP contribution is 2.24. The predicted octanol–water partition coefficient (Wildman–Crippen LogP) is 1.79. The van der Waals surface area contributed by atoms with Crippen LogP contribution in [0.25, 0.3) is 0 Å². The molecule has 0 saturated carbocycles. The van der Waals surface area contributed by atoms with Crippen molar-refractivity contribution >= 4 is 38.7 Å². The van der Waals surface area contributed by atoms with Crippen LogP contribution in [0.3, 0.4) is 0 Å². The highest BCUT2D eigenvalue weighted by molar-refractivity contribution is 9.11. The van der Waals surface area contributed by atoms with Crippen LogP contribution in [0.2, 0.25) is 0 Å². The molecule has 0 fully saturated rings. The number of hydrogen-bond acceptors (Lipinski definition) is 3. The van der Waals surface area contributed by atoms with E-state index in [4.69, 9.17) is 0 Å². The zero-order valence-corrected chi connectivity index (χ0v) is 10.4. The number of nitrogens with zero attached hydrogens (tertiary/aromatic N) is 2. The van der Waals surface area contributed by atoms with Crippen LogP contribution in [-0.2, 0) is 0 Å². The van der Waals surface area contributed by atoms with Crippen molar-refractivity contribution in [3.8, 4) is 0 Å². The number of aliphatic imine (C=N–C) groups is 1. The SMILES string of the molecule is Br.CC1(O)CN2C=CC(Br)=CC2=N1. The minimum absolute atomic E-state index is 0. The Labute approximate surface area is 95.7 Å². The Morgan fingerprint density at radius 2 is 2.38 bits per heavy atom. The summed E-state index contributed by atoms with van der Waals surface area (Å²) in [4.78, 5) is 6.05. The van der Waals surface area contributed by atoms with Gasteiger partial charge < -0.3 is 10.0 Å². The zero-order chi connectivity index (χ0) is 8.77. The summed E-state index contributed by atoms with van der Waals surface area (Å²) in [5, 5.41) is 9.60. The minimum Gasteiger partial charge on any atom is -0.368 e. The predicted molar refractivity (Wildman–Crippen MR) is 61.2 cm³/mol. The van der Waals surface area contributed by atoms with Gasteiger partial charge >= 0.3 is 0 Å². The van der Waals surface area contributed by atoms with Gasteiger partial charge in [-0.25, -0.2) is 4.99 Å². The largest absolute Gasteiger partial charge is 0.368 e. The Balaban J connectivity index is 0.000000845. The zero-order valence-electron chi connectivity index (χ0n) is 7.07. The highest BCUT2D eigenvalue weighted by atomic mass is 79.9. The van der Waals surface area contributed by atoms with Crippen LogP contribution in [0.4, 0.5) is 0 Å². The molecule has 2 heterocycles. The van der Waals surface area contributed by atoms with Gasteiger partial charge in [0, 0.05) is 10.7 Å². The molecule has 0 amide bonds. The number of amidine groups is 1. The van der Waals surface area contributed by atoms with Crippen molar-refractivity contribution in [3.63, 3.8) is 0 Å². The van der Waals surface area contributed by atoms with Crippen molar-refractivity contribution in [2.24, 2.45) is 4.99 Å². The first-order chi connectivity index (χ1) is 5.57. The maximum absolute atomic E-state index is 9.60. The topological polar surface area (TPSA) is 35.8 Å². The lowest BCUT2D eigenvalue weighted by atomic mass is 10.3. The molecule has 0 aromatic carbocycles. The first-order valence-electron chi connectivity index (χ1n) is 3.71. The molecule has 3 nitrogen and oxygen atoms in total. The summed E-state index contributed by atoms with van der Waals surface area (Å²) in [6.45, 7) is 2.24. The first kappa shape index (κ1) is 10.9. The Kier molecular flexibility index (Phi) is 2.99. The van der Waals surface area contributed by atoms with Gasteiger partial charge in [-0.3, -0.25) is 0 Å². The van der Waals surface area contributed by atoms with E-state index in [-0.39, 0.29) is 17.0 Å². The van der Waals surface area contributed by atoms with Crippen LogP contribution in [0, 0.1) is 0 Å². The van der Waals surface area contributed by atoms with Gasteiger partial charge in [-0.2, -0.15) is 0 Å². The summed E-state index contributed by atoms with van der Waals surface area (Å²) >= 11 is 3.35. The van der Waals surface area contributed by atoms with Gasteiger partial charge in [-0.1, -0.05) is 15.9 Å². The second kappa shape index (κ2) is 3.55. The number of fused-ring (bicyclic) bond motifs is 1. The molecule has 0 radical (unpaired) electrons. The molecular formula is C8H10Br2N2O. The van der Waals surface area contributed by atoms with Crippen molar-refractivity contribution in [1.82, 2.24) is 4.90 Å². The molecular weight excluding hydrogens is 300 g/mol. The van der Waals surface area contributed by atoms with E-state index in [9.17, 15) is 5.11 Å². The van der Waals surface area contributed by atoms with Crippen molar-refractivity contribution in [2.75, 3.05) is 6.54 Å². The summed E-state index contributed by atoms with van der Waals surface area (Å²) in [5.41, 5.74) is -0.937. The maximum atomic E-state index is 9.60. The number of allylic oxidation sites excluding steroid dienone is 2. The summed E-state index contributed by atoms with van der Waals surface area (Å²) in [6.07, 6.45) is 5.73. The summed E-state index contributed by atoms with van der Waals surface area (Å²) < 4.78 is 0.982. The van der Waals surface area contributed by atoms with Gasteiger partial charge in [0.2, 0.25) is 0 Å². The van der Waals surface area contributed by atoms with Gasteiger partial charge in [0.25, 0.3) is 0 Å². The average Bonchev–Trinajstić information content (AvgIpc) is 2.21. The van der Waals surface area contributed by atoms with E-state index in [0.29, 0.717) is 6.54 Å². The molecule has 1 unspecified atom stereocenters. The molecule has 0 aromatic rings. The van der Waals surface area contributed by atoms with E-state index in [1.807, 2.05) is 23.3 Å². The third-order valence-electron chi connectivity index (χ3n) is 1.80. The molecule has 0 saturated heterocycles. The number of aliphatic hydroxyl groups is 1. The lowest BCUT2D eigenvalue weighted by Gasteiger charge is -2.18. The lowest BCUT2D eigenvalue weighted by Crippen LogP contribution is -2.30. The van der Waals surface area contributed by atoms with Crippen LogP contribution in [0.15, 0.2) is 27.8 Å². The molecule has 72 valence electrons. The smallest absolute Gasteiger partial charge is 0.173 e. The lowest BCUT2D eigenvalue weighted by molar-refractivity contribution is 0.0709. The van der Waals surface area contributed by atoms with Gasteiger partial charge in [0.15, 0.2) is 5.72 Å². The van der Waals surface area contributed by atoms with Crippen LogP contribution < -0.4 is 0 Å². The number of rotatable bonds is 0. The van der Waals surface area contributed by atoms with Crippen molar-refractivity contribution in [2.45, 2.75) is 12.6 Å². The number of halogens is 2. The molecule has 0 aromatic heterocycles. The van der Waals surface area contributed by atoms with Crippen LogP contribution in [0.1, 0.15) is 6.92 Å². The second-order valence-electron chi connectivity index (χ2n) is 3.16. The van der Waals surface area contributed by atoms with Crippen molar-refractivity contribution < 1.29 is 5.11 Å². The molecule has 5 heteroatoms. The highest BCUT2D eigenvalue weighted by Gasteiger charge is 2.31. The van der Waals surface area contributed by atoms with E-state index in [1.54, 1.807) is 6.92 Å². The number of hydrogen-bond donors (Lipinski definition) is 1. The Hall–Kier alpha value is -0.130. The molecule has 2 aliphatic heterocycles. The summed E-state index contributed by atoms with van der Waals surface area (Å²) in [6, 6.07) is 0. The minimum atomic E-state index is -0.937.